The van der Waals surface area contributed by atoms with Crippen molar-refractivity contribution >= 4 is 35.0 Å². The summed E-state index contributed by atoms with van der Waals surface area (Å²) < 4.78 is 0. The van der Waals surface area contributed by atoms with E-state index in [0.29, 0.717) is 17.1 Å². The molecule has 0 aliphatic carbocycles. The molecule has 1 aliphatic rings. The highest BCUT2D eigenvalue weighted by Gasteiger charge is 2.43. The van der Waals surface area contributed by atoms with Gasteiger partial charge in [-0.05, 0) is 30.7 Å². The number of carboxylic acids is 1. The Morgan fingerprint density at radius 2 is 2.28 bits per heavy atom. The number of carbonyl (C=O) groups is 2. The maximum absolute atomic E-state index is 12.1. The Balaban J connectivity index is 2.12. The summed E-state index contributed by atoms with van der Waals surface area (Å²) in [5, 5.41) is 12.0. The van der Waals surface area contributed by atoms with E-state index in [4.69, 9.17) is 0 Å². The quantitative estimate of drug-likeness (QED) is 0.888. The second kappa shape index (κ2) is 5.32. The standard InChI is InChI=1S/C12H15NO3S2/c1-2-8-3-4-9(18-8)10(14)13-12(11(15)16)5-6-17-7-12/h3-4H,2,5-7H2,1H3,(H,13,14)(H,15,16)/t12-/m0/s1. The van der Waals surface area contributed by atoms with Crippen LogP contribution in [0.15, 0.2) is 12.1 Å². The number of amides is 1. The summed E-state index contributed by atoms with van der Waals surface area (Å²) >= 11 is 2.99. The topological polar surface area (TPSA) is 66.4 Å². The Bertz CT molecular complexity index is 464. The normalized spacial score (nSPS) is 22.9. The molecule has 1 amide bonds. The van der Waals surface area contributed by atoms with Gasteiger partial charge in [-0.3, -0.25) is 4.79 Å². The molecule has 1 saturated heterocycles. The summed E-state index contributed by atoms with van der Waals surface area (Å²) in [6.45, 7) is 2.03. The smallest absolute Gasteiger partial charge is 0.330 e. The molecule has 1 atom stereocenters. The van der Waals surface area contributed by atoms with Crippen LogP contribution in [0.5, 0.6) is 0 Å². The van der Waals surface area contributed by atoms with Crippen molar-refractivity contribution in [1.82, 2.24) is 5.32 Å². The summed E-state index contributed by atoms with van der Waals surface area (Å²) in [6, 6.07) is 3.67. The summed E-state index contributed by atoms with van der Waals surface area (Å²) in [4.78, 5) is 25.1. The minimum Gasteiger partial charge on any atom is -0.479 e. The van der Waals surface area contributed by atoms with E-state index < -0.39 is 11.5 Å². The van der Waals surface area contributed by atoms with Crippen molar-refractivity contribution in [1.29, 1.82) is 0 Å². The van der Waals surface area contributed by atoms with E-state index in [1.807, 2.05) is 13.0 Å². The molecule has 0 radical (unpaired) electrons. The van der Waals surface area contributed by atoms with Gasteiger partial charge in [0.1, 0.15) is 5.54 Å². The predicted octanol–water partition coefficient (Wildman–Crippen LogP) is 2.00. The van der Waals surface area contributed by atoms with Crippen LogP contribution in [-0.4, -0.2) is 34.0 Å². The van der Waals surface area contributed by atoms with Crippen LogP contribution in [0.3, 0.4) is 0 Å². The molecule has 6 heteroatoms. The third kappa shape index (κ3) is 2.54. The minimum absolute atomic E-state index is 0.274. The number of carbonyl (C=O) groups excluding carboxylic acids is 1. The predicted molar refractivity (Wildman–Crippen MR) is 73.5 cm³/mol. The monoisotopic (exact) mass is 285 g/mol. The van der Waals surface area contributed by atoms with Crippen molar-refractivity contribution in [2.75, 3.05) is 11.5 Å². The average molecular weight is 285 g/mol. The number of nitrogens with one attached hydrogen (secondary N) is 1. The molecule has 1 fully saturated rings. The van der Waals surface area contributed by atoms with Gasteiger partial charge < -0.3 is 10.4 Å². The van der Waals surface area contributed by atoms with Crippen LogP contribution in [0.1, 0.15) is 27.9 Å². The van der Waals surface area contributed by atoms with Crippen molar-refractivity contribution < 1.29 is 14.7 Å². The maximum Gasteiger partial charge on any atom is 0.330 e. The van der Waals surface area contributed by atoms with Crippen molar-refractivity contribution in [3.8, 4) is 0 Å². The fraction of sp³-hybridized carbons (Fsp3) is 0.500. The molecule has 0 aromatic carbocycles. The molecule has 1 aromatic rings. The van der Waals surface area contributed by atoms with Gasteiger partial charge in [0.2, 0.25) is 0 Å². The van der Waals surface area contributed by atoms with Crippen LogP contribution in [0, 0.1) is 0 Å². The Morgan fingerprint density at radius 1 is 1.50 bits per heavy atom. The number of aliphatic carboxylic acids is 1. The van der Waals surface area contributed by atoms with Gasteiger partial charge in [-0.1, -0.05) is 6.92 Å². The Kier molecular flexibility index (Phi) is 3.97. The fourth-order valence-corrected chi connectivity index (χ4v) is 4.02. The Labute approximate surface area is 114 Å². The highest BCUT2D eigenvalue weighted by atomic mass is 32.2. The van der Waals surface area contributed by atoms with Gasteiger partial charge in [0.25, 0.3) is 5.91 Å². The van der Waals surface area contributed by atoms with Crippen molar-refractivity contribution in [3.63, 3.8) is 0 Å². The number of hydrogen-bond donors (Lipinski definition) is 2. The van der Waals surface area contributed by atoms with Crippen LogP contribution < -0.4 is 5.32 Å². The first-order valence-corrected chi connectivity index (χ1v) is 7.77. The molecule has 18 heavy (non-hydrogen) atoms. The lowest BCUT2D eigenvalue weighted by molar-refractivity contribution is -0.143. The van der Waals surface area contributed by atoms with Crippen LogP contribution in [-0.2, 0) is 11.2 Å². The molecule has 2 rings (SSSR count). The molecule has 0 unspecified atom stereocenters. The van der Waals surface area contributed by atoms with E-state index in [1.54, 1.807) is 17.8 Å². The van der Waals surface area contributed by atoms with E-state index >= 15 is 0 Å². The molecular weight excluding hydrogens is 270 g/mol. The zero-order chi connectivity index (χ0) is 13.2. The summed E-state index contributed by atoms with van der Waals surface area (Å²) in [5.74, 6) is 0.00911. The molecule has 0 spiro atoms. The van der Waals surface area contributed by atoms with Crippen LogP contribution >= 0.6 is 23.1 Å². The zero-order valence-corrected chi connectivity index (χ0v) is 11.7. The lowest BCUT2D eigenvalue weighted by atomic mass is 9.99. The van der Waals surface area contributed by atoms with Gasteiger partial charge in [0.15, 0.2) is 0 Å². The number of aryl methyl sites for hydroxylation is 1. The summed E-state index contributed by atoms with van der Waals surface area (Å²) in [6.07, 6.45) is 1.38. The van der Waals surface area contributed by atoms with E-state index in [-0.39, 0.29) is 5.91 Å². The molecule has 4 nitrogen and oxygen atoms in total. The van der Waals surface area contributed by atoms with Crippen LogP contribution in [0.2, 0.25) is 0 Å². The SMILES string of the molecule is CCc1ccc(C(=O)N[C@@]2(C(=O)O)CCSC2)s1. The largest absolute Gasteiger partial charge is 0.479 e. The average Bonchev–Trinajstić information content (AvgIpc) is 2.97. The molecule has 2 N–H and O–H groups in total. The number of hydrogen-bond acceptors (Lipinski definition) is 4. The molecule has 1 aliphatic heterocycles. The number of thiophene rings is 1. The molecule has 1 aromatic heterocycles. The Morgan fingerprint density at radius 3 is 2.78 bits per heavy atom. The fourth-order valence-electron chi connectivity index (χ4n) is 1.85. The van der Waals surface area contributed by atoms with Gasteiger partial charge in [-0.15, -0.1) is 11.3 Å². The van der Waals surface area contributed by atoms with E-state index in [9.17, 15) is 14.7 Å². The van der Waals surface area contributed by atoms with E-state index in [0.717, 1.165) is 17.1 Å². The molecule has 0 saturated carbocycles. The van der Waals surface area contributed by atoms with E-state index in [1.165, 1.54) is 11.3 Å². The van der Waals surface area contributed by atoms with E-state index in [2.05, 4.69) is 5.32 Å². The third-order valence-corrected chi connectivity index (χ3v) is 5.44. The Hall–Kier alpha value is -1.01. The molecular formula is C12H15NO3S2. The lowest BCUT2D eigenvalue weighted by Gasteiger charge is -2.24. The number of rotatable bonds is 4. The lowest BCUT2D eigenvalue weighted by Crippen LogP contribution is -2.54. The molecule has 2 heterocycles. The molecule has 98 valence electrons. The van der Waals surface area contributed by atoms with Gasteiger partial charge in [-0.2, -0.15) is 11.8 Å². The highest BCUT2D eigenvalue weighted by molar-refractivity contribution is 7.99. The first kappa shape index (κ1) is 13.4. The van der Waals surface area contributed by atoms with Gasteiger partial charge in [0.05, 0.1) is 4.88 Å². The van der Waals surface area contributed by atoms with Crippen LogP contribution in [0.25, 0.3) is 0 Å². The third-order valence-electron chi connectivity index (χ3n) is 3.02. The van der Waals surface area contributed by atoms with Crippen molar-refractivity contribution in [2.45, 2.75) is 25.3 Å². The van der Waals surface area contributed by atoms with Gasteiger partial charge >= 0.3 is 5.97 Å². The van der Waals surface area contributed by atoms with Gasteiger partial charge in [-0.25, -0.2) is 4.79 Å². The van der Waals surface area contributed by atoms with Crippen LogP contribution in [0.4, 0.5) is 0 Å². The first-order chi connectivity index (χ1) is 8.57. The zero-order valence-electron chi connectivity index (χ0n) is 10.1. The van der Waals surface area contributed by atoms with Crippen molar-refractivity contribution in [3.05, 3.63) is 21.9 Å². The maximum atomic E-state index is 12.1. The highest BCUT2D eigenvalue weighted by Crippen LogP contribution is 2.29. The first-order valence-electron chi connectivity index (χ1n) is 5.80. The summed E-state index contributed by atoms with van der Waals surface area (Å²) in [5.41, 5.74) is -1.09. The molecule has 0 bridgehead atoms. The summed E-state index contributed by atoms with van der Waals surface area (Å²) in [7, 11) is 0. The number of carboxylic acid groups (broad SMARTS) is 1. The second-order valence-corrected chi connectivity index (χ2v) is 6.54. The number of thioether (sulfide) groups is 1. The van der Waals surface area contributed by atoms with Gasteiger partial charge in [0, 0.05) is 10.6 Å². The minimum atomic E-state index is -1.09. The second-order valence-electron chi connectivity index (χ2n) is 4.26. The van der Waals surface area contributed by atoms with Crippen molar-refractivity contribution in [2.24, 2.45) is 0 Å².